The van der Waals surface area contributed by atoms with Crippen molar-refractivity contribution in [3.63, 3.8) is 0 Å². The summed E-state index contributed by atoms with van der Waals surface area (Å²) in [4.78, 5) is 4.12. The van der Waals surface area contributed by atoms with Crippen LogP contribution in [0.15, 0.2) is 36.5 Å². The molecule has 1 N–H and O–H groups in total. The Morgan fingerprint density at radius 1 is 1.32 bits per heavy atom. The molecule has 0 unspecified atom stereocenters. The van der Waals surface area contributed by atoms with Gasteiger partial charge in [-0.15, -0.1) is 0 Å². The molecule has 0 aliphatic carbocycles. The monoisotopic (exact) mass is 342 g/mol. The predicted molar refractivity (Wildman–Crippen MR) is 94.3 cm³/mol. The van der Waals surface area contributed by atoms with E-state index in [-0.39, 0.29) is 5.92 Å². The van der Waals surface area contributed by atoms with Gasteiger partial charge in [0.05, 0.1) is 29.8 Å². The van der Waals surface area contributed by atoms with Gasteiger partial charge < -0.3 is 9.84 Å². The average molecular weight is 342 g/mol. The zero-order valence-corrected chi connectivity index (χ0v) is 14.7. The number of hydrogen-bond donors (Lipinski definition) is 1. The van der Waals surface area contributed by atoms with Gasteiger partial charge in [-0.1, -0.05) is 18.2 Å². The Hall–Kier alpha value is -1.76. The number of nitrogens with zero attached hydrogens (tertiary/aromatic N) is 4. The van der Waals surface area contributed by atoms with Crippen LogP contribution in [0.5, 0.6) is 0 Å². The number of benzene rings is 1. The van der Waals surface area contributed by atoms with E-state index in [1.54, 1.807) is 4.80 Å². The summed E-state index contributed by atoms with van der Waals surface area (Å²) in [6, 6.07) is 10.3. The fraction of sp³-hybridized carbons (Fsp3) is 0.579. The van der Waals surface area contributed by atoms with Gasteiger partial charge in [-0.05, 0) is 44.9 Å². The van der Waals surface area contributed by atoms with Gasteiger partial charge in [0.1, 0.15) is 0 Å². The summed E-state index contributed by atoms with van der Waals surface area (Å²) in [5.41, 5.74) is 1.29. The lowest BCUT2D eigenvalue weighted by Gasteiger charge is -2.43. The molecule has 1 aromatic carbocycles. The maximum absolute atomic E-state index is 10.8. The molecule has 0 radical (unpaired) electrons. The minimum atomic E-state index is -0.646. The van der Waals surface area contributed by atoms with E-state index in [9.17, 15) is 5.11 Å². The number of aliphatic hydroxyl groups is 1. The molecule has 3 heterocycles. The van der Waals surface area contributed by atoms with Crippen molar-refractivity contribution >= 4 is 0 Å². The molecule has 4 rings (SSSR count). The van der Waals surface area contributed by atoms with E-state index >= 15 is 0 Å². The number of likely N-dealkylation sites (tertiary alicyclic amines) is 1. The van der Waals surface area contributed by atoms with Gasteiger partial charge in [0.25, 0.3) is 0 Å². The van der Waals surface area contributed by atoms with E-state index < -0.39 is 5.60 Å². The third-order valence-electron chi connectivity index (χ3n) is 5.62. The summed E-state index contributed by atoms with van der Waals surface area (Å²) in [5.74, 6) is 0.160. The SMILES string of the molecule is C[C@]1(O)CCOC[C@H]1[C@@H]1CCCN1Cc1cnn(-c2ccccc2)n1. The van der Waals surface area contributed by atoms with E-state index in [2.05, 4.69) is 15.1 Å². The highest BCUT2D eigenvalue weighted by atomic mass is 16.5. The van der Waals surface area contributed by atoms with E-state index in [0.29, 0.717) is 25.7 Å². The maximum Gasteiger partial charge on any atom is 0.0971 e. The van der Waals surface area contributed by atoms with Crippen LogP contribution < -0.4 is 0 Å². The maximum atomic E-state index is 10.8. The summed E-state index contributed by atoms with van der Waals surface area (Å²) >= 11 is 0. The second kappa shape index (κ2) is 6.86. The molecule has 0 bridgehead atoms. The second-order valence-corrected chi connectivity index (χ2v) is 7.43. The van der Waals surface area contributed by atoms with Gasteiger partial charge in [0.15, 0.2) is 0 Å². The summed E-state index contributed by atoms with van der Waals surface area (Å²) in [7, 11) is 0. The highest BCUT2D eigenvalue weighted by molar-refractivity contribution is 5.28. The Morgan fingerprint density at radius 2 is 2.16 bits per heavy atom. The lowest BCUT2D eigenvalue weighted by atomic mass is 9.79. The summed E-state index contributed by atoms with van der Waals surface area (Å²) in [5, 5.41) is 19.8. The Bertz CT molecular complexity index is 700. The summed E-state index contributed by atoms with van der Waals surface area (Å²) < 4.78 is 5.67. The summed E-state index contributed by atoms with van der Waals surface area (Å²) in [6.07, 6.45) is 4.82. The molecule has 2 aliphatic heterocycles. The zero-order chi connectivity index (χ0) is 17.3. The minimum absolute atomic E-state index is 0.160. The third kappa shape index (κ3) is 3.47. The Kier molecular flexibility index (Phi) is 4.58. The van der Waals surface area contributed by atoms with Gasteiger partial charge in [-0.3, -0.25) is 4.90 Å². The molecule has 3 atom stereocenters. The second-order valence-electron chi connectivity index (χ2n) is 7.43. The molecule has 25 heavy (non-hydrogen) atoms. The molecule has 2 aromatic rings. The third-order valence-corrected chi connectivity index (χ3v) is 5.62. The van der Waals surface area contributed by atoms with Gasteiger partial charge in [-0.25, -0.2) is 0 Å². The van der Waals surface area contributed by atoms with Crippen molar-refractivity contribution in [1.82, 2.24) is 19.9 Å². The van der Waals surface area contributed by atoms with Crippen LogP contribution in [0.1, 0.15) is 31.9 Å². The van der Waals surface area contributed by atoms with E-state index in [4.69, 9.17) is 4.74 Å². The van der Waals surface area contributed by atoms with Crippen LogP contribution >= 0.6 is 0 Å². The number of rotatable bonds is 4. The van der Waals surface area contributed by atoms with Crippen LogP contribution in [0.4, 0.5) is 0 Å². The Morgan fingerprint density at radius 3 is 2.96 bits per heavy atom. The zero-order valence-electron chi connectivity index (χ0n) is 14.7. The first-order valence-corrected chi connectivity index (χ1v) is 9.14. The lowest BCUT2D eigenvalue weighted by molar-refractivity contribution is -0.123. The van der Waals surface area contributed by atoms with Crippen LogP contribution in [-0.2, 0) is 11.3 Å². The van der Waals surface area contributed by atoms with Crippen LogP contribution in [0.3, 0.4) is 0 Å². The molecule has 2 fully saturated rings. The number of para-hydroxylation sites is 1. The van der Waals surface area contributed by atoms with Crippen molar-refractivity contribution in [2.75, 3.05) is 19.8 Å². The summed E-state index contributed by atoms with van der Waals surface area (Å²) in [6.45, 7) is 5.06. The number of ether oxygens (including phenoxy) is 1. The van der Waals surface area contributed by atoms with Crippen molar-refractivity contribution in [3.05, 3.63) is 42.2 Å². The van der Waals surface area contributed by atoms with Crippen LogP contribution in [0, 0.1) is 5.92 Å². The van der Waals surface area contributed by atoms with Crippen molar-refractivity contribution in [2.24, 2.45) is 5.92 Å². The predicted octanol–water partition coefficient (Wildman–Crippen LogP) is 2.02. The first kappa shape index (κ1) is 16.7. The van der Waals surface area contributed by atoms with Crippen molar-refractivity contribution in [2.45, 2.75) is 44.4 Å². The van der Waals surface area contributed by atoms with Gasteiger partial charge in [0, 0.05) is 25.1 Å². The average Bonchev–Trinajstić information content (AvgIpc) is 3.25. The van der Waals surface area contributed by atoms with Gasteiger partial charge in [0.2, 0.25) is 0 Å². The molecule has 0 spiro atoms. The van der Waals surface area contributed by atoms with Crippen LogP contribution in [0.2, 0.25) is 0 Å². The van der Waals surface area contributed by atoms with Crippen LogP contribution in [0.25, 0.3) is 5.69 Å². The molecule has 6 nitrogen and oxygen atoms in total. The Labute approximate surface area is 148 Å². The first-order chi connectivity index (χ1) is 12.1. The van der Waals surface area contributed by atoms with Crippen molar-refractivity contribution in [3.8, 4) is 5.69 Å². The molecule has 0 amide bonds. The highest BCUT2D eigenvalue weighted by Gasteiger charge is 2.44. The largest absolute Gasteiger partial charge is 0.390 e. The van der Waals surface area contributed by atoms with E-state index in [1.807, 2.05) is 43.5 Å². The van der Waals surface area contributed by atoms with Gasteiger partial charge >= 0.3 is 0 Å². The lowest BCUT2D eigenvalue weighted by Crippen LogP contribution is -2.52. The molecule has 134 valence electrons. The number of hydrogen-bond acceptors (Lipinski definition) is 5. The standard InChI is InChI=1S/C19H26N4O2/c1-19(24)9-11-25-14-17(19)18-8-5-10-22(18)13-15-12-20-23(21-15)16-6-3-2-4-7-16/h2-4,6-7,12,17-18,24H,5,8-11,13-14H2,1H3/t17-,18-,19-/m0/s1. The molecule has 0 saturated carbocycles. The van der Waals surface area contributed by atoms with Crippen molar-refractivity contribution in [1.29, 1.82) is 0 Å². The molecule has 2 aliphatic rings. The van der Waals surface area contributed by atoms with Crippen molar-refractivity contribution < 1.29 is 9.84 Å². The number of aromatic nitrogens is 3. The normalized spacial score (nSPS) is 30.6. The molecule has 6 heteroatoms. The topological polar surface area (TPSA) is 63.4 Å². The van der Waals surface area contributed by atoms with Crippen LogP contribution in [-0.4, -0.2) is 56.4 Å². The first-order valence-electron chi connectivity index (χ1n) is 9.14. The minimum Gasteiger partial charge on any atom is -0.390 e. The fourth-order valence-corrected chi connectivity index (χ4v) is 4.14. The van der Waals surface area contributed by atoms with E-state index in [1.165, 1.54) is 0 Å². The Balaban J connectivity index is 1.48. The smallest absolute Gasteiger partial charge is 0.0971 e. The quantitative estimate of drug-likeness (QED) is 0.921. The molecular weight excluding hydrogens is 316 g/mol. The van der Waals surface area contributed by atoms with Gasteiger partial charge in [-0.2, -0.15) is 15.0 Å². The molecule has 1 aromatic heterocycles. The fourth-order valence-electron chi connectivity index (χ4n) is 4.14. The molecule has 2 saturated heterocycles. The van der Waals surface area contributed by atoms with E-state index in [0.717, 1.165) is 37.3 Å². The molecular formula is C19H26N4O2. The highest BCUT2D eigenvalue weighted by Crippen LogP contribution is 2.36.